The summed E-state index contributed by atoms with van der Waals surface area (Å²) in [6.07, 6.45) is 0. The zero-order chi connectivity index (χ0) is 31.9. The Kier molecular flexibility index (Phi) is 11.5. The first-order valence-corrected chi connectivity index (χ1v) is 18.1. The number of aryl methyl sites for hydroxylation is 1. The van der Waals surface area contributed by atoms with Crippen molar-refractivity contribution in [2.75, 3.05) is 29.9 Å². The molecule has 0 atom stereocenters. The van der Waals surface area contributed by atoms with Crippen molar-refractivity contribution >= 4 is 61.8 Å². The fraction of sp³-hybridized carbons (Fsp3) is 0.357. The second-order valence-electron chi connectivity index (χ2n) is 9.39. The smallest absolute Gasteiger partial charge is 0.251 e. The van der Waals surface area contributed by atoms with Gasteiger partial charge in [0.15, 0.2) is 15.3 Å². The number of anilines is 1. The predicted octanol–water partition coefficient (Wildman–Crippen LogP) is 4.54. The molecule has 0 unspecified atom stereocenters. The topological polar surface area (TPSA) is 152 Å². The zero-order valence-electron chi connectivity index (χ0n) is 25.0. The fourth-order valence-corrected chi connectivity index (χ4v) is 8.09. The molecule has 0 aliphatic rings. The average Bonchev–Trinajstić information content (AvgIpc) is 3.63. The highest BCUT2D eigenvalue weighted by atomic mass is 32.2. The van der Waals surface area contributed by atoms with Crippen molar-refractivity contribution < 1.29 is 18.0 Å². The van der Waals surface area contributed by atoms with E-state index >= 15 is 0 Å². The van der Waals surface area contributed by atoms with Crippen LogP contribution in [0.1, 0.15) is 48.1 Å². The van der Waals surface area contributed by atoms with Crippen LogP contribution in [0.25, 0.3) is 5.69 Å². The summed E-state index contributed by atoms with van der Waals surface area (Å²) in [5.41, 5.74) is 3.21. The molecule has 44 heavy (non-hydrogen) atoms. The van der Waals surface area contributed by atoms with E-state index in [9.17, 15) is 18.0 Å². The second-order valence-corrected chi connectivity index (χ2v) is 14.8. The molecule has 12 nitrogen and oxygen atoms in total. The van der Waals surface area contributed by atoms with E-state index in [1.165, 1.54) is 51.7 Å². The number of carbonyl (C=O) groups excluding carboxylic acids is 2. The standard InChI is InChI=1S/C28H34N8O4S4/c1-6-35(7-2)44(39,40)21-14-12-20(13-15-21)25(38)29-16-23-31-33-27(36(23)22-11-9-10-18(4)19(22)5)42-17-24(37)30-26-32-34-28(43-26)41-8-3/h9-15H,6-8,16-17H2,1-5H3,(H,29,38)(H,30,32,37). The number of aromatic nitrogens is 5. The molecule has 234 valence electrons. The van der Waals surface area contributed by atoms with E-state index in [-0.39, 0.29) is 23.1 Å². The van der Waals surface area contributed by atoms with E-state index in [4.69, 9.17) is 0 Å². The Morgan fingerprint density at radius 3 is 2.36 bits per heavy atom. The van der Waals surface area contributed by atoms with Crippen LogP contribution in [0.2, 0.25) is 0 Å². The molecule has 0 bridgehead atoms. The molecule has 0 spiro atoms. The molecule has 0 fully saturated rings. The van der Waals surface area contributed by atoms with E-state index < -0.39 is 15.9 Å². The molecular weight excluding hydrogens is 641 g/mol. The highest BCUT2D eigenvalue weighted by Crippen LogP contribution is 2.28. The summed E-state index contributed by atoms with van der Waals surface area (Å²) < 4.78 is 29.6. The van der Waals surface area contributed by atoms with E-state index in [0.717, 1.165) is 26.9 Å². The van der Waals surface area contributed by atoms with Crippen LogP contribution in [0.15, 0.2) is 56.9 Å². The van der Waals surface area contributed by atoms with E-state index in [0.29, 0.717) is 34.8 Å². The van der Waals surface area contributed by atoms with Crippen molar-refractivity contribution in [2.45, 2.75) is 55.6 Å². The highest BCUT2D eigenvalue weighted by Gasteiger charge is 2.23. The molecule has 2 amide bonds. The third kappa shape index (κ3) is 7.85. The lowest BCUT2D eigenvalue weighted by Crippen LogP contribution is -2.30. The maximum absolute atomic E-state index is 13.0. The quantitative estimate of drug-likeness (QED) is 0.144. The molecule has 0 aliphatic heterocycles. The van der Waals surface area contributed by atoms with Gasteiger partial charge in [-0.3, -0.25) is 19.5 Å². The number of nitrogens with one attached hydrogen (secondary N) is 2. The van der Waals surface area contributed by atoms with Gasteiger partial charge >= 0.3 is 0 Å². The average molecular weight is 675 g/mol. The Balaban J connectivity index is 1.50. The molecule has 0 saturated carbocycles. The predicted molar refractivity (Wildman–Crippen MR) is 174 cm³/mol. The maximum Gasteiger partial charge on any atom is 0.251 e. The van der Waals surface area contributed by atoms with E-state index in [2.05, 4.69) is 31.0 Å². The van der Waals surface area contributed by atoms with E-state index in [1.54, 1.807) is 25.6 Å². The molecule has 4 aromatic rings. The van der Waals surface area contributed by atoms with Crippen molar-refractivity contribution in [3.05, 3.63) is 65.0 Å². The number of carbonyl (C=O) groups is 2. The second kappa shape index (κ2) is 15.1. The van der Waals surface area contributed by atoms with Crippen LogP contribution >= 0.6 is 34.9 Å². The monoisotopic (exact) mass is 674 g/mol. The van der Waals surface area contributed by atoms with Crippen molar-refractivity contribution in [1.29, 1.82) is 0 Å². The van der Waals surface area contributed by atoms with Gasteiger partial charge in [0.05, 0.1) is 22.9 Å². The minimum Gasteiger partial charge on any atom is -0.345 e. The largest absolute Gasteiger partial charge is 0.345 e. The minimum absolute atomic E-state index is 0.0497. The first kappa shape index (κ1) is 33.6. The third-order valence-electron chi connectivity index (χ3n) is 6.64. The van der Waals surface area contributed by atoms with Crippen molar-refractivity contribution in [2.24, 2.45) is 0 Å². The zero-order valence-corrected chi connectivity index (χ0v) is 28.3. The number of amides is 2. The van der Waals surface area contributed by atoms with Gasteiger partial charge in [0.25, 0.3) is 5.91 Å². The Bertz CT molecular complexity index is 1720. The van der Waals surface area contributed by atoms with Gasteiger partial charge < -0.3 is 5.32 Å². The van der Waals surface area contributed by atoms with Crippen LogP contribution < -0.4 is 10.6 Å². The summed E-state index contributed by atoms with van der Waals surface area (Å²) in [6.45, 7) is 10.3. The highest BCUT2D eigenvalue weighted by molar-refractivity contribution is 8.01. The molecule has 2 aromatic heterocycles. The lowest BCUT2D eigenvalue weighted by atomic mass is 10.1. The normalized spacial score (nSPS) is 11.6. The van der Waals surface area contributed by atoms with Gasteiger partial charge in [-0.25, -0.2) is 8.42 Å². The first-order valence-electron chi connectivity index (χ1n) is 13.9. The maximum atomic E-state index is 13.0. The van der Waals surface area contributed by atoms with Gasteiger partial charge in [0.2, 0.25) is 21.1 Å². The number of rotatable bonds is 14. The molecule has 4 rings (SSSR count). The van der Waals surface area contributed by atoms with Crippen LogP contribution in [0.4, 0.5) is 5.13 Å². The van der Waals surface area contributed by atoms with Crippen LogP contribution in [-0.4, -0.2) is 74.1 Å². The van der Waals surface area contributed by atoms with Crippen molar-refractivity contribution in [3.8, 4) is 5.69 Å². The molecule has 0 saturated heterocycles. The summed E-state index contributed by atoms with van der Waals surface area (Å²) in [4.78, 5) is 25.9. The van der Waals surface area contributed by atoms with Gasteiger partial charge in [0, 0.05) is 18.7 Å². The summed E-state index contributed by atoms with van der Waals surface area (Å²) in [5.74, 6) is 0.757. The molecule has 16 heteroatoms. The summed E-state index contributed by atoms with van der Waals surface area (Å²) in [5, 5.41) is 23.3. The summed E-state index contributed by atoms with van der Waals surface area (Å²) in [7, 11) is -3.63. The third-order valence-corrected chi connectivity index (χ3v) is 11.5. The number of hydrogen-bond acceptors (Lipinski definition) is 11. The minimum atomic E-state index is -3.63. The lowest BCUT2D eigenvalue weighted by Gasteiger charge is -2.18. The molecular formula is C28H34N8O4S4. The number of hydrogen-bond donors (Lipinski definition) is 2. The van der Waals surface area contributed by atoms with E-state index in [1.807, 2.05) is 43.5 Å². The fourth-order valence-electron chi connectivity index (χ4n) is 4.21. The van der Waals surface area contributed by atoms with Gasteiger partial charge in [-0.2, -0.15) is 4.31 Å². The van der Waals surface area contributed by atoms with Crippen LogP contribution in [0.5, 0.6) is 0 Å². The number of sulfonamides is 1. The van der Waals surface area contributed by atoms with Crippen LogP contribution in [0.3, 0.4) is 0 Å². The van der Waals surface area contributed by atoms with Crippen molar-refractivity contribution in [1.82, 2.24) is 34.6 Å². The Morgan fingerprint density at radius 2 is 1.68 bits per heavy atom. The van der Waals surface area contributed by atoms with Gasteiger partial charge in [-0.05, 0) is 61.1 Å². The SMILES string of the molecule is CCSc1nnc(NC(=O)CSc2nnc(CNC(=O)c3ccc(S(=O)(=O)N(CC)CC)cc3)n2-c2cccc(C)c2C)s1. The molecule has 0 aliphatic carbocycles. The number of nitrogens with zero attached hydrogens (tertiary/aromatic N) is 6. The lowest BCUT2D eigenvalue weighted by molar-refractivity contribution is -0.113. The van der Waals surface area contributed by atoms with Gasteiger partial charge in [-0.1, -0.05) is 67.8 Å². The molecule has 2 N–H and O–H groups in total. The summed E-state index contributed by atoms with van der Waals surface area (Å²) in [6, 6.07) is 11.7. The summed E-state index contributed by atoms with van der Waals surface area (Å²) >= 11 is 4.10. The Labute approximate surface area is 269 Å². The number of thioether (sulfide) groups is 2. The van der Waals surface area contributed by atoms with Gasteiger partial charge in [-0.15, -0.1) is 20.4 Å². The van der Waals surface area contributed by atoms with Crippen LogP contribution in [-0.2, 0) is 21.4 Å². The first-order chi connectivity index (χ1) is 21.1. The van der Waals surface area contributed by atoms with Crippen molar-refractivity contribution in [3.63, 3.8) is 0 Å². The Hall–Kier alpha value is -3.31. The molecule has 2 aromatic carbocycles. The molecule has 0 radical (unpaired) electrons. The molecule has 2 heterocycles. The van der Waals surface area contributed by atoms with Gasteiger partial charge in [0.1, 0.15) is 0 Å². The number of benzene rings is 2. The van der Waals surface area contributed by atoms with Crippen LogP contribution in [0, 0.1) is 13.8 Å². The Morgan fingerprint density at radius 1 is 0.955 bits per heavy atom.